The lowest BCUT2D eigenvalue weighted by Gasteiger charge is -2.09. The molecule has 19 heavy (non-hydrogen) atoms. The van der Waals surface area contributed by atoms with Gasteiger partial charge in [-0.05, 0) is 44.3 Å². The van der Waals surface area contributed by atoms with E-state index in [1.165, 1.54) is 0 Å². The summed E-state index contributed by atoms with van der Waals surface area (Å²) in [6.07, 6.45) is -3.88. The molecule has 0 bridgehead atoms. The first kappa shape index (κ1) is 15.9. The average molecular weight is 296 g/mol. The number of halogens is 3. The molecule has 0 saturated heterocycles. The Morgan fingerprint density at radius 2 is 1.68 bits per heavy atom. The summed E-state index contributed by atoms with van der Waals surface area (Å²) in [5.41, 5.74) is -0.873. The SMILES string of the molecule is CNCCCNS(=O)(=O)c1ccc(C(F)(F)F)cc1. The highest BCUT2D eigenvalue weighted by Crippen LogP contribution is 2.29. The van der Waals surface area contributed by atoms with Crippen LogP contribution in [-0.4, -0.2) is 28.6 Å². The first-order valence-corrected chi connectivity index (χ1v) is 7.07. The Bertz CT molecular complexity index is 498. The van der Waals surface area contributed by atoms with Gasteiger partial charge in [-0.2, -0.15) is 13.2 Å². The van der Waals surface area contributed by atoms with Gasteiger partial charge in [0.25, 0.3) is 0 Å². The molecule has 0 fully saturated rings. The first-order chi connectivity index (χ1) is 8.77. The standard InChI is InChI=1S/C11H15F3N2O2S/c1-15-7-2-8-16-19(17,18)10-5-3-9(4-6-10)11(12,13)14/h3-6,15-16H,2,7-8H2,1H3. The van der Waals surface area contributed by atoms with Gasteiger partial charge in [0.05, 0.1) is 10.5 Å². The lowest BCUT2D eigenvalue weighted by Crippen LogP contribution is -2.26. The van der Waals surface area contributed by atoms with Crippen LogP contribution in [0.25, 0.3) is 0 Å². The summed E-state index contributed by atoms with van der Waals surface area (Å²) in [7, 11) is -2.01. The van der Waals surface area contributed by atoms with E-state index < -0.39 is 21.8 Å². The number of hydrogen-bond acceptors (Lipinski definition) is 3. The van der Waals surface area contributed by atoms with Crippen LogP contribution < -0.4 is 10.0 Å². The fourth-order valence-electron chi connectivity index (χ4n) is 1.38. The Morgan fingerprint density at radius 3 is 2.16 bits per heavy atom. The molecule has 0 unspecified atom stereocenters. The van der Waals surface area contributed by atoms with E-state index in [0.717, 1.165) is 24.3 Å². The third-order valence-electron chi connectivity index (χ3n) is 2.39. The smallest absolute Gasteiger partial charge is 0.320 e. The maximum Gasteiger partial charge on any atom is 0.416 e. The second kappa shape index (κ2) is 6.36. The first-order valence-electron chi connectivity index (χ1n) is 5.59. The van der Waals surface area contributed by atoms with Gasteiger partial charge in [-0.1, -0.05) is 0 Å². The molecule has 4 nitrogen and oxygen atoms in total. The van der Waals surface area contributed by atoms with E-state index >= 15 is 0 Å². The summed E-state index contributed by atoms with van der Waals surface area (Å²) >= 11 is 0. The molecule has 1 aromatic rings. The van der Waals surface area contributed by atoms with Crippen LogP contribution in [0.15, 0.2) is 29.2 Å². The van der Waals surface area contributed by atoms with Crippen LogP contribution in [0.2, 0.25) is 0 Å². The van der Waals surface area contributed by atoms with Crippen LogP contribution in [0.5, 0.6) is 0 Å². The Hall–Kier alpha value is -1.12. The summed E-state index contributed by atoms with van der Waals surface area (Å²) in [6.45, 7) is 0.875. The van der Waals surface area contributed by atoms with Crippen LogP contribution in [0.4, 0.5) is 13.2 Å². The normalized spacial score (nSPS) is 12.6. The second-order valence-electron chi connectivity index (χ2n) is 3.88. The van der Waals surface area contributed by atoms with E-state index in [1.54, 1.807) is 7.05 Å². The second-order valence-corrected chi connectivity index (χ2v) is 5.64. The summed E-state index contributed by atoms with van der Waals surface area (Å²) in [5.74, 6) is 0. The molecule has 108 valence electrons. The van der Waals surface area contributed by atoms with Crippen LogP contribution in [0.1, 0.15) is 12.0 Å². The van der Waals surface area contributed by atoms with Gasteiger partial charge in [0.15, 0.2) is 0 Å². The van der Waals surface area contributed by atoms with Crippen molar-refractivity contribution in [2.24, 2.45) is 0 Å². The van der Waals surface area contributed by atoms with E-state index in [4.69, 9.17) is 0 Å². The molecule has 0 radical (unpaired) electrons. The molecule has 1 rings (SSSR count). The molecule has 0 atom stereocenters. The maximum absolute atomic E-state index is 12.3. The van der Waals surface area contributed by atoms with Gasteiger partial charge in [-0.25, -0.2) is 13.1 Å². The molecular weight excluding hydrogens is 281 g/mol. The summed E-state index contributed by atoms with van der Waals surface area (Å²) < 4.78 is 62.8. The lowest BCUT2D eigenvalue weighted by molar-refractivity contribution is -0.137. The van der Waals surface area contributed by atoms with Crippen molar-refractivity contribution in [1.29, 1.82) is 0 Å². The highest BCUT2D eigenvalue weighted by Gasteiger charge is 2.30. The Morgan fingerprint density at radius 1 is 1.11 bits per heavy atom. The molecule has 0 aromatic heterocycles. The zero-order valence-electron chi connectivity index (χ0n) is 10.3. The van der Waals surface area contributed by atoms with Gasteiger partial charge in [-0.3, -0.25) is 0 Å². The molecule has 8 heteroatoms. The Labute approximate surface area is 110 Å². The maximum atomic E-state index is 12.3. The predicted octanol–water partition coefficient (Wildman–Crippen LogP) is 1.59. The zero-order valence-corrected chi connectivity index (χ0v) is 11.1. The number of alkyl halides is 3. The van der Waals surface area contributed by atoms with Crippen molar-refractivity contribution in [2.75, 3.05) is 20.1 Å². The van der Waals surface area contributed by atoms with Crippen LogP contribution in [0.3, 0.4) is 0 Å². The van der Waals surface area contributed by atoms with Crippen molar-refractivity contribution in [1.82, 2.24) is 10.0 Å². The van der Waals surface area contributed by atoms with E-state index in [2.05, 4.69) is 10.0 Å². The van der Waals surface area contributed by atoms with Gasteiger partial charge >= 0.3 is 6.18 Å². The van der Waals surface area contributed by atoms with E-state index in [-0.39, 0.29) is 11.4 Å². The van der Waals surface area contributed by atoms with Crippen LogP contribution in [0, 0.1) is 0 Å². The van der Waals surface area contributed by atoms with Crippen LogP contribution in [-0.2, 0) is 16.2 Å². The number of nitrogens with one attached hydrogen (secondary N) is 2. The van der Waals surface area contributed by atoms with Gasteiger partial charge in [0.2, 0.25) is 10.0 Å². The number of hydrogen-bond donors (Lipinski definition) is 2. The summed E-state index contributed by atoms with van der Waals surface area (Å²) in [5, 5.41) is 2.86. The molecule has 0 saturated carbocycles. The average Bonchev–Trinajstić information content (AvgIpc) is 2.34. The minimum absolute atomic E-state index is 0.176. The van der Waals surface area contributed by atoms with Crippen molar-refractivity contribution >= 4 is 10.0 Å². The molecule has 0 aliphatic rings. The number of sulfonamides is 1. The van der Waals surface area contributed by atoms with Gasteiger partial charge < -0.3 is 5.32 Å². The monoisotopic (exact) mass is 296 g/mol. The number of rotatable bonds is 6. The quantitative estimate of drug-likeness (QED) is 0.784. The highest BCUT2D eigenvalue weighted by atomic mass is 32.2. The fourth-order valence-corrected chi connectivity index (χ4v) is 2.45. The van der Waals surface area contributed by atoms with Crippen molar-refractivity contribution in [2.45, 2.75) is 17.5 Å². The third kappa shape index (κ3) is 4.81. The minimum atomic E-state index is -4.47. The van der Waals surface area contributed by atoms with Crippen molar-refractivity contribution < 1.29 is 21.6 Å². The third-order valence-corrected chi connectivity index (χ3v) is 3.86. The lowest BCUT2D eigenvalue weighted by atomic mass is 10.2. The molecule has 2 N–H and O–H groups in total. The Balaban J connectivity index is 2.74. The largest absolute Gasteiger partial charge is 0.416 e. The van der Waals surface area contributed by atoms with E-state index in [9.17, 15) is 21.6 Å². The fraction of sp³-hybridized carbons (Fsp3) is 0.455. The van der Waals surface area contributed by atoms with E-state index in [1.807, 2.05) is 0 Å². The van der Waals surface area contributed by atoms with Crippen molar-refractivity contribution in [3.05, 3.63) is 29.8 Å². The summed E-state index contributed by atoms with van der Waals surface area (Å²) in [6, 6.07) is 3.40. The van der Waals surface area contributed by atoms with Crippen LogP contribution >= 0.6 is 0 Å². The van der Waals surface area contributed by atoms with Gasteiger partial charge in [-0.15, -0.1) is 0 Å². The minimum Gasteiger partial charge on any atom is -0.320 e. The molecule has 0 spiro atoms. The molecule has 1 aromatic carbocycles. The van der Waals surface area contributed by atoms with Gasteiger partial charge in [0, 0.05) is 6.54 Å². The topological polar surface area (TPSA) is 58.2 Å². The van der Waals surface area contributed by atoms with Crippen molar-refractivity contribution in [3.8, 4) is 0 Å². The zero-order chi connectivity index (χ0) is 14.5. The Kier molecular flexibility index (Phi) is 5.33. The van der Waals surface area contributed by atoms with Gasteiger partial charge in [0.1, 0.15) is 0 Å². The predicted molar refractivity (Wildman–Crippen MR) is 65.2 cm³/mol. The number of benzene rings is 1. The summed E-state index contributed by atoms with van der Waals surface area (Å²) in [4.78, 5) is -0.176. The molecule has 0 aliphatic carbocycles. The molecule has 0 aliphatic heterocycles. The van der Waals surface area contributed by atoms with E-state index in [0.29, 0.717) is 13.0 Å². The molecule has 0 amide bonds. The highest BCUT2D eigenvalue weighted by molar-refractivity contribution is 7.89. The molecule has 0 heterocycles. The molecular formula is C11H15F3N2O2S. The van der Waals surface area contributed by atoms with Crippen molar-refractivity contribution in [3.63, 3.8) is 0 Å².